The number of likely N-dealkylation sites (tertiary alicyclic amines) is 1. The number of para-hydroxylation sites is 1. The van der Waals surface area contributed by atoms with Crippen molar-refractivity contribution in [3.05, 3.63) is 29.8 Å². The van der Waals surface area contributed by atoms with Crippen LogP contribution >= 0.6 is 0 Å². The van der Waals surface area contributed by atoms with Crippen LogP contribution in [0.5, 0.6) is 0 Å². The van der Waals surface area contributed by atoms with E-state index in [2.05, 4.69) is 16.7 Å². The monoisotopic (exact) mass is 547 g/mol. The molecule has 0 unspecified atom stereocenters. The number of anilines is 1. The molecule has 39 heavy (non-hydrogen) atoms. The fraction of sp³-hybridized carbons (Fsp3) is 0.593. The molecule has 1 aromatic rings. The Hall–Kier alpha value is -3.62. The molecule has 1 spiro atoms. The number of likely N-dealkylation sites (N-methyl/N-ethyl adjacent to an activating group) is 1. The van der Waals surface area contributed by atoms with E-state index >= 15 is 0 Å². The number of benzene rings is 1. The summed E-state index contributed by atoms with van der Waals surface area (Å²) in [5.41, 5.74) is -2.26. The summed E-state index contributed by atoms with van der Waals surface area (Å²) in [6, 6.07) is 5.92. The van der Waals surface area contributed by atoms with Gasteiger partial charge in [-0.3, -0.25) is 19.2 Å². The number of alkyl halides is 3. The molecule has 1 saturated carbocycles. The molecule has 3 aliphatic rings. The minimum atomic E-state index is -4.72. The van der Waals surface area contributed by atoms with Gasteiger partial charge in [0.05, 0.1) is 11.5 Å². The standard InChI is InChI=1S/C27H32F3N5O4/c1-15(2)11-20(34(4)21(36)16(3)32-24(39)26(9-10-26)27(28,29)30)22(37)35-14-25(12-17(35)13-31)18-7-5-6-8-19(18)33-23(25)38/h5-8,15-17,20H,9-12,14H2,1-4H3,(H,32,39)(H,33,38)/t16-,17-,20-,25-/m0/s1. The van der Waals surface area contributed by atoms with Gasteiger partial charge in [0.2, 0.25) is 23.6 Å². The molecule has 2 aliphatic heterocycles. The first-order valence-corrected chi connectivity index (χ1v) is 12.9. The second kappa shape index (κ2) is 9.84. The second-order valence-corrected chi connectivity index (χ2v) is 11.3. The largest absolute Gasteiger partial charge is 0.403 e. The molecule has 0 radical (unpaired) electrons. The van der Waals surface area contributed by atoms with Gasteiger partial charge in [0.25, 0.3) is 0 Å². The first-order valence-electron chi connectivity index (χ1n) is 12.9. The Kier molecular flexibility index (Phi) is 7.17. The van der Waals surface area contributed by atoms with E-state index in [1.807, 2.05) is 13.8 Å². The highest BCUT2D eigenvalue weighted by molar-refractivity contribution is 6.07. The number of hydrogen-bond donors (Lipinski definition) is 2. The molecule has 210 valence electrons. The molecule has 2 fully saturated rings. The number of fused-ring (bicyclic) bond motifs is 2. The van der Waals surface area contributed by atoms with E-state index in [1.54, 1.807) is 24.3 Å². The highest BCUT2D eigenvalue weighted by atomic mass is 19.4. The van der Waals surface area contributed by atoms with E-state index in [0.29, 0.717) is 11.3 Å². The van der Waals surface area contributed by atoms with Crippen LogP contribution in [0.25, 0.3) is 0 Å². The summed E-state index contributed by atoms with van der Waals surface area (Å²) < 4.78 is 40.1. The Morgan fingerprint density at radius 2 is 1.87 bits per heavy atom. The highest BCUT2D eigenvalue weighted by Gasteiger charge is 2.68. The SMILES string of the molecule is CC(C)C[C@@H](C(=O)N1C[C@]2(C[C@H]1C#N)C(=O)Nc1ccccc12)N(C)C(=O)[C@H](C)NC(=O)C1(C(F)(F)F)CC1. The maximum absolute atomic E-state index is 13.9. The number of rotatable bonds is 7. The molecule has 0 bridgehead atoms. The minimum absolute atomic E-state index is 0.0517. The molecular formula is C27H32F3N5O4. The molecule has 0 aromatic heterocycles. The quantitative estimate of drug-likeness (QED) is 0.544. The van der Waals surface area contributed by atoms with Crippen molar-refractivity contribution in [2.75, 3.05) is 18.9 Å². The van der Waals surface area contributed by atoms with Crippen LogP contribution in [0.15, 0.2) is 24.3 Å². The lowest BCUT2D eigenvalue weighted by molar-refractivity contribution is -0.192. The Morgan fingerprint density at radius 1 is 1.23 bits per heavy atom. The van der Waals surface area contributed by atoms with Gasteiger partial charge in [-0.25, -0.2) is 0 Å². The fourth-order valence-corrected chi connectivity index (χ4v) is 5.67. The van der Waals surface area contributed by atoms with Crippen molar-refractivity contribution in [3.8, 4) is 6.07 Å². The van der Waals surface area contributed by atoms with Crippen LogP contribution in [0.4, 0.5) is 18.9 Å². The number of nitriles is 1. The smallest absolute Gasteiger partial charge is 0.344 e. The van der Waals surface area contributed by atoms with Gasteiger partial charge in [0, 0.05) is 25.7 Å². The minimum Gasteiger partial charge on any atom is -0.344 e. The van der Waals surface area contributed by atoms with Gasteiger partial charge in [-0.05, 0) is 43.7 Å². The van der Waals surface area contributed by atoms with Gasteiger partial charge in [-0.1, -0.05) is 32.0 Å². The van der Waals surface area contributed by atoms with Crippen molar-refractivity contribution in [2.45, 2.75) is 76.2 Å². The molecule has 4 amide bonds. The zero-order chi connectivity index (χ0) is 28.9. The molecule has 2 heterocycles. The van der Waals surface area contributed by atoms with Crippen LogP contribution < -0.4 is 10.6 Å². The highest BCUT2D eigenvalue weighted by Crippen LogP contribution is 2.57. The number of nitrogens with one attached hydrogen (secondary N) is 2. The van der Waals surface area contributed by atoms with Crippen molar-refractivity contribution >= 4 is 29.3 Å². The number of halogens is 3. The first kappa shape index (κ1) is 28.4. The molecule has 4 atom stereocenters. The molecule has 4 rings (SSSR count). The van der Waals surface area contributed by atoms with Crippen LogP contribution in [-0.4, -0.2) is 71.3 Å². The Balaban J connectivity index is 1.55. The molecule has 1 saturated heterocycles. The summed E-state index contributed by atoms with van der Waals surface area (Å²) >= 11 is 0. The third-order valence-corrected chi connectivity index (χ3v) is 8.16. The molecule has 9 nitrogen and oxygen atoms in total. The van der Waals surface area contributed by atoms with E-state index in [9.17, 15) is 37.6 Å². The Morgan fingerprint density at radius 3 is 2.44 bits per heavy atom. The van der Waals surface area contributed by atoms with Crippen LogP contribution in [0, 0.1) is 22.7 Å². The zero-order valence-electron chi connectivity index (χ0n) is 22.3. The number of carbonyl (C=O) groups is 4. The summed E-state index contributed by atoms with van der Waals surface area (Å²) in [6.07, 6.45) is -5.09. The number of hydrogen-bond acceptors (Lipinski definition) is 5. The third-order valence-electron chi connectivity index (χ3n) is 8.16. The predicted octanol–water partition coefficient (Wildman–Crippen LogP) is 2.72. The topological polar surface area (TPSA) is 123 Å². The van der Waals surface area contributed by atoms with Crippen LogP contribution in [-0.2, 0) is 24.6 Å². The van der Waals surface area contributed by atoms with Gasteiger partial charge in [-0.15, -0.1) is 0 Å². The summed E-state index contributed by atoms with van der Waals surface area (Å²) in [5, 5.41) is 14.9. The van der Waals surface area contributed by atoms with Crippen molar-refractivity contribution in [1.29, 1.82) is 5.26 Å². The lowest BCUT2D eigenvalue weighted by Crippen LogP contribution is -2.56. The summed E-state index contributed by atoms with van der Waals surface area (Å²) in [7, 11) is 1.36. The molecular weight excluding hydrogens is 515 g/mol. The van der Waals surface area contributed by atoms with Crippen molar-refractivity contribution in [1.82, 2.24) is 15.1 Å². The van der Waals surface area contributed by atoms with E-state index in [4.69, 9.17) is 0 Å². The van der Waals surface area contributed by atoms with E-state index < -0.39 is 52.9 Å². The normalized spacial score (nSPS) is 24.5. The average Bonchev–Trinajstić information content (AvgIpc) is 3.55. The first-order chi connectivity index (χ1) is 18.2. The average molecular weight is 548 g/mol. The lowest BCUT2D eigenvalue weighted by Gasteiger charge is -2.35. The third kappa shape index (κ3) is 4.72. The molecule has 1 aliphatic carbocycles. The van der Waals surface area contributed by atoms with Crippen molar-refractivity contribution in [2.24, 2.45) is 11.3 Å². The maximum Gasteiger partial charge on any atom is 0.403 e. The summed E-state index contributed by atoms with van der Waals surface area (Å²) in [6.45, 7) is 4.92. The van der Waals surface area contributed by atoms with Crippen molar-refractivity contribution in [3.63, 3.8) is 0 Å². The van der Waals surface area contributed by atoms with E-state index in [1.165, 1.54) is 18.9 Å². The number of carbonyl (C=O) groups excluding carboxylic acids is 4. The second-order valence-electron chi connectivity index (χ2n) is 11.3. The van der Waals surface area contributed by atoms with E-state index in [0.717, 1.165) is 4.90 Å². The Bertz CT molecular complexity index is 1240. The van der Waals surface area contributed by atoms with Crippen LogP contribution in [0.1, 0.15) is 52.0 Å². The summed E-state index contributed by atoms with van der Waals surface area (Å²) in [5.74, 6) is -2.89. The van der Waals surface area contributed by atoms with Gasteiger partial charge in [-0.2, -0.15) is 18.4 Å². The van der Waals surface area contributed by atoms with Gasteiger partial charge < -0.3 is 20.4 Å². The summed E-state index contributed by atoms with van der Waals surface area (Å²) in [4.78, 5) is 55.1. The van der Waals surface area contributed by atoms with Gasteiger partial charge in [0.15, 0.2) is 0 Å². The van der Waals surface area contributed by atoms with Gasteiger partial charge in [0.1, 0.15) is 23.5 Å². The maximum atomic E-state index is 13.9. The molecule has 2 N–H and O–H groups in total. The van der Waals surface area contributed by atoms with Gasteiger partial charge >= 0.3 is 6.18 Å². The van der Waals surface area contributed by atoms with Crippen LogP contribution in [0.3, 0.4) is 0 Å². The number of amides is 4. The Labute approximate surface area is 224 Å². The van der Waals surface area contributed by atoms with E-state index in [-0.39, 0.29) is 44.1 Å². The van der Waals surface area contributed by atoms with Crippen molar-refractivity contribution < 1.29 is 32.3 Å². The molecule has 12 heteroatoms. The zero-order valence-corrected chi connectivity index (χ0v) is 22.3. The fourth-order valence-electron chi connectivity index (χ4n) is 5.67. The molecule has 1 aromatic carbocycles. The lowest BCUT2D eigenvalue weighted by atomic mass is 9.80. The number of nitrogens with zero attached hydrogens (tertiary/aromatic N) is 3. The van der Waals surface area contributed by atoms with Crippen LogP contribution in [0.2, 0.25) is 0 Å². The predicted molar refractivity (Wildman–Crippen MR) is 134 cm³/mol.